The van der Waals surface area contributed by atoms with Crippen molar-refractivity contribution in [2.24, 2.45) is 0 Å². The molecule has 71 valence electrons. The minimum absolute atomic E-state index is 0. The van der Waals surface area contributed by atoms with Crippen LogP contribution >= 0.6 is 11.6 Å². The Hall–Kier alpha value is -0.444. The van der Waals surface area contributed by atoms with Gasteiger partial charge in [-0.3, -0.25) is 0 Å². The Morgan fingerprint density at radius 2 is 2.08 bits per heavy atom. The number of fused-ring (bicyclic) bond motifs is 1. The smallest absolute Gasteiger partial charge is 0.0470 e. The van der Waals surface area contributed by atoms with Crippen LogP contribution in [0, 0.1) is 6.92 Å². The fraction of sp³-hybridized carbons (Fsp3) is 0.100. The third-order valence-corrected chi connectivity index (χ3v) is 2.21. The molecule has 1 aromatic carbocycles. The maximum Gasteiger partial charge on any atom is 0.0470 e. The summed E-state index contributed by atoms with van der Waals surface area (Å²) < 4.78 is 2.07. The third-order valence-electron chi connectivity index (χ3n) is 1.98. The largest absolute Gasteiger partial charge is 0.378 e. The molecule has 0 aliphatic heterocycles. The van der Waals surface area contributed by atoms with Gasteiger partial charge < -0.3 is 11.5 Å². The normalized spacial score (nSPS) is 10.0. The molecule has 0 spiro atoms. The molecule has 0 bridgehead atoms. The van der Waals surface area contributed by atoms with Crippen molar-refractivity contribution in [1.29, 1.82) is 0 Å². The van der Waals surface area contributed by atoms with E-state index in [2.05, 4.69) is 17.6 Å². The van der Waals surface area contributed by atoms with Gasteiger partial charge >= 0.3 is 0 Å². The van der Waals surface area contributed by atoms with Gasteiger partial charge in [0.05, 0.1) is 0 Å². The Labute approximate surface area is 92.9 Å². The van der Waals surface area contributed by atoms with E-state index in [0.717, 1.165) is 17.1 Å². The van der Waals surface area contributed by atoms with Crippen molar-refractivity contribution in [3.05, 3.63) is 42.4 Å². The second-order valence-electron chi connectivity index (χ2n) is 2.71. The first-order chi connectivity index (χ1) is 5.81. The fourth-order valence-electron chi connectivity index (χ4n) is 1.35. The number of rotatable bonds is 1. The molecule has 13 heavy (non-hydrogen) atoms. The van der Waals surface area contributed by atoms with Crippen molar-refractivity contribution in [2.45, 2.75) is 6.54 Å². The summed E-state index contributed by atoms with van der Waals surface area (Å²) in [5, 5.41) is 1.99. The number of halogens is 1. The van der Waals surface area contributed by atoms with Crippen LogP contribution in [0.5, 0.6) is 0 Å². The van der Waals surface area contributed by atoms with Gasteiger partial charge in [0.2, 0.25) is 0 Å². The van der Waals surface area contributed by atoms with E-state index in [-0.39, 0.29) is 16.8 Å². The van der Waals surface area contributed by atoms with E-state index in [0.29, 0.717) is 0 Å². The maximum absolute atomic E-state index is 5.87. The van der Waals surface area contributed by atoms with Crippen molar-refractivity contribution in [3.8, 4) is 0 Å². The fourth-order valence-corrected chi connectivity index (χ4v) is 1.52. The molecule has 1 nitrogen and oxygen atoms in total. The van der Waals surface area contributed by atoms with Gasteiger partial charge in [-0.25, -0.2) is 0 Å². The Kier molecular flexibility index (Phi) is 3.42. The molecule has 0 saturated heterocycles. The maximum atomic E-state index is 5.87. The zero-order valence-electron chi connectivity index (χ0n) is 6.96. The summed E-state index contributed by atoms with van der Waals surface area (Å²) in [4.78, 5) is 0. The average Bonchev–Trinajstić information content (AvgIpc) is 2.46. The number of aromatic nitrogens is 1. The molecular formula is C10H9ClCoN-. The minimum atomic E-state index is 0. The van der Waals surface area contributed by atoms with Crippen LogP contribution in [0.1, 0.15) is 0 Å². The molecule has 1 radical (unpaired) electrons. The molecule has 3 heteroatoms. The van der Waals surface area contributed by atoms with E-state index in [4.69, 9.17) is 11.6 Å². The molecule has 0 fully saturated rings. The summed E-state index contributed by atoms with van der Waals surface area (Å²) in [5.74, 6) is 0. The number of benzene rings is 1. The van der Waals surface area contributed by atoms with Gasteiger partial charge in [-0.05, 0) is 23.6 Å². The predicted octanol–water partition coefficient (Wildman–Crippen LogP) is 3.13. The molecular weight excluding hydrogens is 229 g/mol. The van der Waals surface area contributed by atoms with Gasteiger partial charge in [-0.1, -0.05) is 17.7 Å². The summed E-state index contributed by atoms with van der Waals surface area (Å²) in [6.07, 6.45) is 2.02. The molecule has 0 amide bonds. The van der Waals surface area contributed by atoms with Gasteiger partial charge in [-0.2, -0.15) is 0 Å². The Balaban J connectivity index is 0.000000845. The molecule has 0 atom stereocenters. The predicted molar refractivity (Wildman–Crippen MR) is 52.3 cm³/mol. The summed E-state index contributed by atoms with van der Waals surface area (Å²) in [6, 6.07) is 7.94. The van der Waals surface area contributed by atoms with E-state index in [1.54, 1.807) is 0 Å². The van der Waals surface area contributed by atoms with E-state index in [1.807, 2.05) is 24.4 Å². The summed E-state index contributed by atoms with van der Waals surface area (Å²) in [6.45, 7) is 4.57. The zero-order valence-corrected chi connectivity index (χ0v) is 8.76. The number of nitrogens with zero attached hydrogens (tertiary/aromatic N) is 1. The standard InChI is InChI=1S/C10H9ClN.Co/c1-2-12-6-5-8-3-4-9(11)7-10(8)12;/h3-7H,1-2H2;/q-1;. The molecule has 2 aromatic rings. The molecule has 0 aliphatic carbocycles. The van der Waals surface area contributed by atoms with Gasteiger partial charge in [0.25, 0.3) is 0 Å². The van der Waals surface area contributed by atoms with Crippen molar-refractivity contribution < 1.29 is 16.8 Å². The summed E-state index contributed by atoms with van der Waals surface area (Å²) >= 11 is 5.87. The van der Waals surface area contributed by atoms with Crippen molar-refractivity contribution in [3.63, 3.8) is 0 Å². The molecule has 0 N–H and O–H groups in total. The Morgan fingerprint density at radius 3 is 2.77 bits per heavy atom. The van der Waals surface area contributed by atoms with E-state index < -0.39 is 0 Å². The molecule has 2 rings (SSSR count). The molecule has 0 unspecified atom stereocenters. The van der Waals surface area contributed by atoms with Crippen LogP contribution in [0.25, 0.3) is 10.9 Å². The van der Waals surface area contributed by atoms with Crippen LogP contribution in [0.15, 0.2) is 30.5 Å². The number of hydrogen-bond acceptors (Lipinski definition) is 0. The van der Waals surface area contributed by atoms with Crippen molar-refractivity contribution in [2.75, 3.05) is 0 Å². The van der Waals surface area contributed by atoms with Gasteiger partial charge in [-0.15, -0.1) is 6.54 Å². The van der Waals surface area contributed by atoms with E-state index in [1.165, 1.54) is 5.39 Å². The van der Waals surface area contributed by atoms with Crippen LogP contribution < -0.4 is 0 Å². The first kappa shape index (κ1) is 10.6. The molecule has 0 saturated carbocycles. The van der Waals surface area contributed by atoms with Crippen molar-refractivity contribution in [1.82, 2.24) is 4.57 Å². The van der Waals surface area contributed by atoms with E-state index >= 15 is 0 Å². The van der Waals surface area contributed by atoms with Crippen LogP contribution in [0.4, 0.5) is 0 Å². The monoisotopic (exact) mass is 237 g/mol. The third kappa shape index (κ3) is 1.90. The van der Waals surface area contributed by atoms with Crippen LogP contribution in [0.3, 0.4) is 0 Å². The SMILES string of the molecule is [CH2-]Cn1ccc2ccc(Cl)cc21.[Co]. The van der Waals surface area contributed by atoms with Crippen LogP contribution in [-0.4, -0.2) is 4.57 Å². The minimum Gasteiger partial charge on any atom is -0.378 e. The first-order valence-electron chi connectivity index (χ1n) is 3.85. The Bertz CT molecular complexity index is 408. The number of hydrogen-bond donors (Lipinski definition) is 0. The van der Waals surface area contributed by atoms with Gasteiger partial charge in [0, 0.05) is 33.5 Å². The zero-order chi connectivity index (χ0) is 8.55. The molecule has 1 heterocycles. The molecule has 0 aliphatic rings. The first-order valence-corrected chi connectivity index (χ1v) is 4.23. The second kappa shape index (κ2) is 4.18. The van der Waals surface area contributed by atoms with Crippen LogP contribution in [0.2, 0.25) is 5.02 Å². The molecule has 1 aromatic heterocycles. The second-order valence-corrected chi connectivity index (χ2v) is 3.15. The van der Waals surface area contributed by atoms with Crippen LogP contribution in [-0.2, 0) is 23.3 Å². The average molecular weight is 238 g/mol. The van der Waals surface area contributed by atoms with Gasteiger partial charge in [0.15, 0.2) is 0 Å². The topological polar surface area (TPSA) is 4.93 Å². The Morgan fingerprint density at radius 1 is 1.31 bits per heavy atom. The quantitative estimate of drug-likeness (QED) is 0.672. The van der Waals surface area contributed by atoms with Crippen molar-refractivity contribution >= 4 is 22.5 Å². The van der Waals surface area contributed by atoms with Gasteiger partial charge in [0.1, 0.15) is 0 Å². The summed E-state index contributed by atoms with van der Waals surface area (Å²) in [5.41, 5.74) is 1.15. The summed E-state index contributed by atoms with van der Waals surface area (Å²) in [7, 11) is 0. The van der Waals surface area contributed by atoms with E-state index in [9.17, 15) is 0 Å².